The molecule has 56 valence electrons. The second-order valence-corrected chi connectivity index (χ2v) is 1.30. The van der Waals surface area contributed by atoms with Crippen molar-refractivity contribution in [3.8, 4) is 0 Å². The standard InChI is InChI=1S/C3H6N4O3/c4-2(6-9)1(8)3(5)7-10/h9-10H,(H2,4,6)(H2,5,7). The number of rotatable bonds is 2. The zero-order chi connectivity index (χ0) is 8.15. The van der Waals surface area contributed by atoms with Crippen LogP contribution in [0.1, 0.15) is 0 Å². The summed E-state index contributed by atoms with van der Waals surface area (Å²) in [4.78, 5) is 10.5. The average Bonchev–Trinajstić information content (AvgIpc) is 2.00. The quantitative estimate of drug-likeness (QED) is 0.155. The maximum absolute atomic E-state index is 10.5. The molecule has 0 heterocycles. The van der Waals surface area contributed by atoms with Gasteiger partial charge >= 0.3 is 0 Å². The van der Waals surface area contributed by atoms with Crippen molar-refractivity contribution in [1.82, 2.24) is 0 Å². The molecule has 7 heteroatoms. The number of hydrogen-bond donors (Lipinski definition) is 4. The molecule has 0 atom stereocenters. The van der Waals surface area contributed by atoms with E-state index in [1.807, 2.05) is 0 Å². The summed E-state index contributed by atoms with van der Waals surface area (Å²) in [7, 11) is 0. The molecular weight excluding hydrogens is 140 g/mol. The van der Waals surface area contributed by atoms with E-state index < -0.39 is 17.5 Å². The van der Waals surface area contributed by atoms with Crippen molar-refractivity contribution < 1.29 is 15.2 Å². The summed E-state index contributed by atoms with van der Waals surface area (Å²) >= 11 is 0. The van der Waals surface area contributed by atoms with Gasteiger partial charge in [0.2, 0.25) is 11.7 Å². The molecule has 0 aliphatic heterocycles. The monoisotopic (exact) mass is 146 g/mol. The molecule has 0 fully saturated rings. The first kappa shape index (κ1) is 8.21. The highest BCUT2D eigenvalue weighted by atomic mass is 16.4. The summed E-state index contributed by atoms with van der Waals surface area (Å²) in [6, 6.07) is 0. The lowest BCUT2D eigenvalue weighted by Crippen LogP contribution is -2.35. The molecule has 0 aromatic heterocycles. The van der Waals surface area contributed by atoms with Crippen LogP contribution in [0.2, 0.25) is 0 Å². The number of hydrogen-bond acceptors (Lipinski definition) is 5. The van der Waals surface area contributed by atoms with Crippen LogP contribution in [0, 0.1) is 0 Å². The molecule has 0 radical (unpaired) electrons. The fourth-order valence-corrected chi connectivity index (χ4v) is 0.222. The zero-order valence-electron chi connectivity index (χ0n) is 4.85. The van der Waals surface area contributed by atoms with Gasteiger partial charge in [-0.15, -0.1) is 0 Å². The van der Waals surface area contributed by atoms with Crippen molar-refractivity contribution in [2.24, 2.45) is 21.8 Å². The van der Waals surface area contributed by atoms with E-state index in [1.54, 1.807) is 0 Å². The van der Waals surface area contributed by atoms with E-state index in [0.717, 1.165) is 0 Å². The van der Waals surface area contributed by atoms with Crippen LogP contribution in [0.5, 0.6) is 0 Å². The summed E-state index contributed by atoms with van der Waals surface area (Å²) in [5.74, 6) is -2.48. The molecule has 0 amide bonds. The van der Waals surface area contributed by atoms with Crippen LogP contribution >= 0.6 is 0 Å². The number of ketones is 1. The van der Waals surface area contributed by atoms with Gasteiger partial charge in [-0.2, -0.15) is 0 Å². The molecule has 0 saturated heterocycles. The normalized spacial score (nSPS) is 13.2. The van der Waals surface area contributed by atoms with E-state index in [1.165, 1.54) is 0 Å². The molecule has 6 N–H and O–H groups in total. The van der Waals surface area contributed by atoms with Crippen molar-refractivity contribution in [3.05, 3.63) is 0 Å². The first-order valence-electron chi connectivity index (χ1n) is 2.13. The van der Waals surface area contributed by atoms with Gasteiger partial charge in [0.25, 0.3) is 5.78 Å². The van der Waals surface area contributed by atoms with Crippen LogP contribution in [0.25, 0.3) is 0 Å². The first-order chi connectivity index (χ1) is 4.63. The van der Waals surface area contributed by atoms with Crippen LogP contribution in [0.4, 0.5) is 0 Å². The molecule has 7 nitrogen and oxygen atoms in total. The molecule has 0 aliphatic rings. The molecule has 10 heavy (non-hydrogen) atoms. The van der Waals surface area contributed by atoms with Gasteiger partial charge in [0.15, 0.2) is 0 Å². The van der Waals surface area contributed by atoms with Crippen LogP contribution < -0.4 is 11.5 Å². The number of carbonyl (C=O) groups excluding carboxylic acids is 1. The van der Waals surface area contributed by atoms with Gasteiger partial charge in [-0.3, -0.25) is 4.79 Å². The molecule has 0 aromatic rings. The Morgan fingerprint density at radius 2 is 1.40 bits per heavy atom. The van der Waals surface area contributed by atoms with Crippen LogP contribution in [0.15, 0.2) is 10.3 Å². The Morgan fingerprint density at radius 3 is 1.60 bits per heavy atom. The fourth-order valence-electron chi connectivity index (χ4n) is 0.222. The zero-order valence-corrected chi connectivity index (χ0v) is 4.85. The van der Waals surface area contributed by atoms with Crippen molar-refractivity contribution in [2.45, 2.75) is 0 Å². The Kier molecular flexibility index (Phi) is 2.69. The molecule has 0 spiro atoms. The van der Waals surface area contributed by atoms with Gasteiger partial charge < -0.3 is 21.9 Å². The molecular formula is C3H6N4O3. The summed E-state index contributed by atoms with van der Waals surface area (Å²) < 4.78 is 0. The molecule has 0 aromatic carbocycles. The maximum atomic E-state index is 10.5. The largest absolute Gasteiger partial charge is 0.409 e. The lowest BCUT2D eigenvalue weighted by molar-refractivity contribution is -0.107. The third-order valence-corrected chi connectivity index (χ3v) is 0.681. The number of oxime groups is 2. The fraction of sp³-hybridized carbons (Fsp3) is 0. The minimum Gasteiger partial charge on any atom is -0.409 e. The summed E-state index contributed by atoms with van der Waals surface area (Å²) in [6.45, 7) is 0. The average molecular weight is 146 g/mol. The maximum Gasteiger partial charge on any atom is 0.269 e. The van der Waals surface area contributed by atoms with Gasteiger partial charge in [-0.05, 0) is 0 Å². The van der Waals surface area contributed by atoms with E-state index in [4.69, 9.17) is 21.9 Å². The van der Waals surface area contributed by atoms with E-state index in [9.17, 15) is 4.79 Å². The summed E-state index contributed by atoms with van der Waals surface area (Å²) in [5, 5.41) is 20.5. The Morgan fingerprint density at radius 1 is 1.10 bits per heavy atom. The Bertz CT molecular complexity index is 176. The molecule has 0 bridgehead atoms. The highest BCUT2D eigenvalue weighted by Crippen LogP contribution is 1.73. The summed E-state index contributed by atoms with van der Waals surface area (Å²) in [6.07, 6.45) is 0. The smallest absolute Gasteiger partial charge is 0.269 e. The van der Waals surface area contributed by atoms with Gasteiger partial charge in [0.1, 0.15) is 0 Å². The second kappa shape index (κ2) is 3.28. The number of amidine groups is 2. The van der Waals surface area contributed by atoms with Gasteiger partial charge in [-0.1, -0.05) is 10.3 Å². The van der Waals surface area contributed by atoms with E-state index in [-0.39, 0.29) is 0 Å². The van der Waals surface area contributed by atoms with Crippen LogP contribution in [0.3, 0.4) is 0 Å². The van der Waals surface area contributed by atoms with Crippen LogP contribution in [-0.4, -0.2) is 27.9 Å². The SMILES string of the molecule is NC(=NO)C(=O)C(N)=NO. The van der Waals surface area contributed by atoms with Gasteiger partial charge in [-0.25, -0.2) is 0 Å². The number of nitrogens with two attached hydrogens (primary N) is 2. The van der Waals surface area contributed by atoms with Gasteiger partial charge in [0, 0.05) is 0 Å². The van der Waals surface area contributed by atoms with Crippen LogP contribution in [-0.2, 0) is 4.79 Å². The second-order valence-electron chi connectivity index (χ2n) is 1.30. The lowest BCUT2D eigenvalue weighted by atomic mass is 10.3. The van der Waals surface area contributed by atoms with Crippen molar-refractivity contribution in [2.75, 3.05) is 0 Å². The van der Waals surface area contributed by atoms with Crippen molar-refractivity contribution in [1.29, 1.82) is 0 Å². The van der Waals surface area contributed by atoms with Gasteiger partial charge in [0.05, 0.1) is 0 Å². The minimum atomic E-state index is -1.02. The molecule has 0 rings (SSSR count). The number of carbonyl (C=O) groups is 1. The van der Waals surface area contributed by atoms with Crippen molar-refractivity contribution >= 4 is 17.5 Å². The Balaban J connectivity index is 4.39. The van der Waals surface area contributed by atoms with E-state index in [2.05, 4.69) is 10.3 Å². The number of Topliss-reactive ketones (excluding diaryl/α,β-unsaturated/α-hetero) is 1. The first-order valence-corrected chi connectivity index (χ1v) is 2.13. The van der Waals surface area contributed by atoms with E-state index in [0.29, 0.717) is 0 Å². The minimum absolute atomic E-state index is 0.727. The predicted molar refractivity (Wildman–Crippen MR) is 31.8 cm³/mol. The number of nitrogens with zero attached hydrogens (tertiary/aromatic N) is 2. The third-order valence-electron chi connectivity index (χ3n) is 0.681. The Hall–Kier alpha value is -1.79. The lowest BCUT2D eigenvalue weighted by Gasteiger charge is -1.92. The highest BCUT2D eigenvalue weighted by molar-refractivity contribution is 6.64. The Labute approximate surface area is 55.6 Å². The highest BCUT2D eigenvalue weighted by Gasteiger charge is 2.12. The van der Waals surface area contributed by atoms with E-state index >= 15 is 0 Å². The third kappa shape index (κ3) is 1.62. The molecule has 0 saturated carbocycles. The van der Waals surface area contributed by atoms with Crippen molar-refractivity contribution in [3.63, 3.8) is 0 Å². The molecule has 0 unspecified atom stereocenters. The molecule has 0 aliphatic carbocycles. The predicted octanol–water partition coefficient (Wildman–Crippen LogP) is -1.95. The topological polar surface area (TPSA) is 134 Å². The summed E-state index contributed by atoms with van der Waals surface area (Å²) in [5.41, 5.74) is 9.54.